The second-order valence-electron chi connectivity index (χ2n) is 5.67. The van der Waals surface area contributed by atoms with Gasteiger partial charge >= 0.3 is 0 Å². The molecule has 0 aromatic heterocycles. The Balaban J connectivity index is 2.04. The Hall–Kier alpha value is -2.13. The molecule has 0 radical (unpaired) electrons. The summed E-state index contributed by atoms with van der Waals surface area (Å²) >= 11 is 0. The highest BCUT2D eigenvalue weighted by atomic mass is 16.2. The third-order valence-electron chi connectivity index (χ3n) is 3.83. The van der Waals surface area contributed by atoms with Crippen molar-refractivity contribution in [3.05, 3.63) is 66.2 Å². The van der Waals surface area contributed by atoms with Gasteiger partial charge in [-0.25, -0.2) is 0 Å². The molecular formula is C20H26N2O. The van der Waals surface area contributed by atoms with Gasteiger partial charge in [-0.05, 0) is 37.6 Å². The van der Waals surface area contributed by atoms with Gasteiger partial charge in [-0.2, -0.15) is 0 Å². The molecule has 2 rings (SSSR count). The van der Waals surface area contributed by atoms with E-state index in [9.17, 15) is 4.79 Å². The quantitative estimate of drug-likeness (QED) is 0.737. The number of para-hydroxylation sites is 1. The zero-order chi connectivity index (χ0) is 16.5. The van der Waals surface area contributed by atoms with Gasteiger partial charge in [0.1, 0.15) is 0 Å². The highest BCUT2D eigenvalue weighted by Gasteiger charge is 2.17. The van der Waals surface area contributed by atoms with Gasteiger partial charge in [0.25, 0.3) is 0 Å². The first-order chi connectivity index (χ1) is 11.2. The van der Waals surface area contributed by atoms with Crippen molar-refractivity contribution >= 4 is 11.6 Å². The number of nitrogens with zero attached hydrogens (tertiary/aromatic N) is 2. The minimum Gasteiger partial charge on any atom is -0.312 e. The number of anilines is 1. The fraction of sp³-hybridized carbons (Fsp3) is 0.350. The van der Waals surface area contributed by atoms with Crippen molar-refractivity contribution in [1.82, 2.24) is 4.90 Å². The fourth-order valence-electron chi connectivity index (χ4n) is 2.76. The summed E-state index contributed by atoms with van der Waals surface area (Å²) in [5, 5.41) is 0. The molecule has 3 heteroatoms. The summed E-state index contributed by atoms with van der Waals surface area (Å²) in [6.45, 7) is 7.04. The van der Waals surface area contributed by atoms with Crippen molar-refractivity contribution in [1.29, 1.82) is 0 Å². The Labute approximate surface area is 139 Å². The second kappa shape index (κ2) is 9.11. The first kappa shape index (κ1) is 17.2. The number of carbonyl (C=O) groups is 1. The summed E-state index contributed by atoms with van der Waals surface area (Å²) in [6, 6.07) is 20.2. The molecule has 3 nitrogen and oxygen atoms in total. The lowest BCUT2D eigenvalue weighted by molar-refractivity contribution is -0.119. The Morgan fingerprint density at radius 3 is 2.09 bits per heavy atom. The lowest BCUT2D eigenvalue weighted by atomic mass is 10.2. The van der Waals surface area contributed by atoms with E-state index >= 15 is 0 Å². The molecule has 0 fully saturated rings. The molecule has 0 spiro atoms. The Bertz CT molecular complexity index is 583. The Kier molecular flexibility index (Phi) is 6.82. The molecule has 0 heterocycles. The van der Waals surface area contributed by atoms with E-state index in [2.05, 4.69) is 24.0 Å². The monoisotopic (exact) mass is 310 g/mol. The van der Waals surface area contributed by atoms with Crippen LogP contribution in [0.3, 0.4) is 0 Å². The van der Waals surface area contributed by atoms with Crippen molar-refractivity contribution < 1.29 is 4.79 Å². The van der Waals surface area contributed by atoms with Crippen LogP contribution in [0.25, 0.3) is 0 Å². The molecule has 0 saturated carbocycles. The van der Waals surface area contributed by atoms with Gasteiger partial charge in [-0.3, -0.25) is 9.69 Å². The van der Waals surface area contributed by atoms with E-state index in [4.69, 9.17) is 0 Å². The molecule has 2 aromatic rings. The normalized spacial score (nSPS) is 10.7. The molecule has 1 amide bonds. The molecular weight excluding hydrogens is 284 g/mol. The van der Waals surface area contributed by atoms with Crippen molar-refractivity contribution in [2.45, 2.75) is 26.8 Å². The van der Waals surface area contributed by atoms with Crippen LogP contribution in [0, 0.1) is 0 Å². The molecule has 0 aliphatic heterocycles. The molecule has 0 atom stereocenters. The lowest BCUT2D eigenvalue weighted by Crippen LogP contribution is -2.40. The van der Waals surface area contributed by atoms with Gasteiger partial charge in [-0.1, -0.05) is 55.5 Å². The minimum atomic E-state index is 0.156. The van der Waals surface area contributed by atoms with Gasteiger partial charge in [0.15, 0.2) is 0 Å². The molecule has 0 saturated heterocycles. The summed E-state index contributed by atoms with van der Waals surface area (Å²) in [4.78, 5) is 16.8. The zero-order valence-electron chi connectivity index (χ0n) is 14.1. The summed E-state index contributed by atoms with van der Waals surface area (Å²) in [5.74, 6) is 0.156. The number of hydrogen-bond acceptors (Lipinski definition) is 2. The first-order valence-corrected chi connectivity index (χ1v) is 8.36. The number of rotatable bonds is 8. The third kappa shape index (κ3) is 5.22. The van der Waals surface area contributed by atoms with Crippen LogP contribution in [-0.4, -0.2) is 30.4 Å². The molecule has 23 heavy (non-hydrogen) atoms. The first-order valence-electron chi connectivity index (χ1n) is 8.36. The van der Waals surface area contributed by atoms with Crippen LogP contribution in [0.5, 0.6) is 0 Å². The van der Waals surface area contributed by atoms with Gasteiger partial charge in [0.05, 0.1) is 6.54 Å². The molecule has 0 aliphatic carbocycles. The van der Waals surface area contributed by atoms with Crippen LogP contribution >= 0.6 is 0 Å². The maximum absolute atomic E-state index is 12.7. The summed E-state index contributed by atoms with van der Waals surface area (Å²) < 4.78 is 0. The van der Waals surface area contributed by atoms with Crippen LogP contribution in [0.2, 0.25) is 0 Å². The molecule has 122 valence electrons. The largest absolute Gasteiger partial charge is 0.312 e. The van der Waals surface area contributed by atoms with Crippen molar-refractivity contribution in [2.24, 2.45) is 0 Å². The predicted octanol–water partition coefficient (Wildman–Crippen LogP) is 3.95. The zero-order valence-corrected chi connectivity index (χ0v) is 14.1. The average Bonchev–Trinajstić information content (AvgIpc) is 2.57. The number of likely N-dealkylation sites (N-methyl/N-ethyl adjacent to an activating group) is 1. The number of carbonyl (C=O) groups excluding carboxylic acids is 1. The van der Waals surface area contributed by atoms with E-state index in [0.717, 1.165) is 25.2 Å². The second-order valence-corrected chi connectivity index (χ2v) is 5.67. The average molecular weight is 310 g/mol. The maximum Gasteiger partial charge on any atom is 0.241 e. The fourth-order valence-corrected chi connectivity index (χ4v) is 2.76. The number of hydrogen-bond donors (Lipinski definition) is 0. The van der Waals surface area contributed by atoms with Crippen LogP contribution in [0.15, 0.2) is 60.7 Å². The van der Waals surface area contributed by atoms with Gasteiger partial charge in [-0.15, -0.1) is 0 Å². The van der Waals surface area contributed by atoms with Crippen LogP contribution in [0.1, 0.15) is 25.8 Å². The van der Waals surface area contributed by atoms with Gasteiger partial charge in [0, 0.05) is 18.8 Å². The molecule has 2 aromatic carbocycles. The molecule has 0 aliphatic rings. The summed E-state index contributed by atoms with van der Waals surface area (Å²) in [5.41, 5.74) is 2.22. The molecule has 0 N–H and O–H groups in total. The van der Waals surface area contributed by atoms with E-state index < -0.39 is 0 Å². The van der Waals surface area contributed by atoms with Crippen molar-refractivity contribution in [3.63, 3.8) is 0 Å². The van der Waals surface area contributed by atoms with Crippen LogP contribution in [0.4, 0.5) is 5.69 Å². The van der Waals surface area contributed by atoms with Crippen molar-refractivity contribution in [2.75, 3.05) is 24.5 Å². The lowest BCUT2D eigenvalue weighted by Gasteiger charge is -2.26. The topological polar surface area (TPSA) is 23.6 Å². The van der Waals surface area contributed by atoms with E-state index in [0.29, 0.717) is 13.1 Å². The van der Waals surface area contributed by atoms with E-state index in [1.807, 2.05) is 60.4 Å². The highest BCUT2D eigenvalue weighted by Crippen LogP contribution is 2.14. The molecule has 0 unspecified atom stereocenters. The minimum absolute atomic E-state index is 0.156. The SMILES string of the molecule is CCCN(CC(=O)N(CC)c1ccccc1)Cc1ccccc1. The van der Waals surface area contributed by atoms with Crippen molar-refractivity contribution in [3.8, 4) is 0 Å². The third-order valence-corrected chi connectivity index (χ3v) is 3.83. The predicted molar refractivity (Wildman–Crippen MR) is 96.5 cm³/mol. The van der Waals surface area contributed by atoms with Gasteiger partial charge < -0.3 is 4.90 Å². The number of benzene rings is 2. The standard InChI is InChI=1S/C20H26N2O/c1-3-15-21(16-18-11-7-5-8-12-18)17-20(23)22(4-2)19-13-9-6-10-14-19/h5-14H,3-4,15-17H2,1-2H3. The maximum atomic E-state index is 12.7. The Morgan fingerprint density at radius 1 is 0.913 bits per heavy atom. The van der Waals surface area contributed by atoms with Crippen LogP contribution in [-0.2, 0) is 11.3 Å². The Morgan fingerprint density at radius 2 is 1.52 bits per heavy atom. The van der Waals surface area contributed by atoms with E-state index in [1.165, 1.54) is 5.56 Å². The van der Waals surface area contributed by atoms with E-state index in [1.54, 1.807) is 0 Å². The van der Waals surface area contributed by atoms with E-state index in [-0.39, 0.29) is 5.91 Å². The van der Waals surface area contributed by atoms with Gasteiger partial charge in [0.2, 0.25) is 5.91 Å². The smallest absolute Gasteiger partial charge is 0.241 e. The summed E-state index contributed by atoms with van der Waals surface area (Å²) in [6.07, 6.45) is 1.04. The summed E-state index contributed by atoms with van der Waals surface area (Å²) in [7, 11) is 0. The molecule has 0 bridgehead atoms. The highest BCUT2D eigenvalue weighted by molar-refractivity contribution is 5.94. The van der Waals surface area contributed by atoms with Crippen LogP contribution < -0.4 is 4.90 Å². The number of amides is 1.